The van der Waals surface area contributed by atoms with Crippen LogP contribution in [0.5, 0.6) is 5.75 Å². The molecule has 7 nitrogen and oxygen atoms in total. The zero-order valence-electron chi connectivity index (χ0n) is 23.6. The number of carboxylic acid groups (broad SMARTS) is 1. The largest absolute Gasteiger partial charge is 0.492 e. The molecule has 0 saturated heterocycles. The van der Waals surface area contributed by atoms with Gasteiger partial charge < -0.3 is 20.1 Å². The number of halogens is 1. The fourth-order valence-corrected chi connectivity index (χ4v) is 5.22. The van der Waals surface area contributed by atoms with Crippen molar-refractivity contribution >= 4 is 40.6 Å². The van der Waals surface area contributed by atoms with E-state index in [9.17, 15) is 19.5 Å². The third-order valence-electron chi connectivity index (χ3n) is 7.62. The van der Waals surface area contributed by atoms with Crippen molar-refractivity contribution in [1.82, 2.24) is 0 Å². The van der Waals surface area contributed by atoms with E-state index < -0.39 is 12.0 Å². The first kappa shape index (κ1) is 29.9. The monoisotopic (exact) mass is 596 g/mol. The van der Waals surface area contributed by atoms with Crippen LogP contribution in [0.25, 0.3) is 0 Å². The lowest BCUT2D eigenvalue weighted by Crippen LogP contribution is -2.41. The minimum absolute atomic E-state index is 0.0393. The number of amides is 1. The second-order valence-corrected chi connectivity index (χ2v) is 11.0. The van der Waals surface area contributed by atoms with E-state index in [0.717, 1.165) is 30.5 Å². The minimum Gasteiger partial charge on any atom is -0.492 e. The molecule has 1 atom stereocenters. The van der Waals surface area contributed by atoms with Crippen LogP contribution in [0.4, 0.5) is 11.4 Å². The molecule has 0 bridgehead atoms. The average molecular weight is 597 g/mol. The molecular weight excluding hydrogens is 564 g/mol. The Labute approximate surface area is 256 Å². The highest BCUT2D eigenvalue weighted by molar-refractivity contribution is 6.30. The van der Waals surface area contributed by atoms with Gasteiger partial charge in [-0.2, -0.15) is 0 Å². The molecule has 0 aromatic heterocycles. The Bertz CT molecular complexity index is 1570. The highest BCUT2D eigenvalue weighted by Crippen LogP contribution is 2.31. The number of nitrogens with zero attached hydrogens (tertiary/aromatic N) is 1. The third-order valence-corrected chi connectivity index (χ3v) is 7.86. The first-order chi connectivity index (χ1) is 20.9. The molecule has 0 spiro atoms. The zero-order valence-corrected chi connectivity index (χ0v) is 24.4. The van der Waals surface area contributed by atoms with Gasteiger partial charge in [0.25, 0.3) is 0 Å². The molecule has 5 rings (SSSR count). The number of nitrogens with one attached hydrogen (secondary N) is 1. The summed E-state index contributed by atoms with van der Waals surface area (Å²) in [7, 11) is 0. The van der Waals surface area contributed by atoms with Gasteiger partial charge in [-0.25, -0.2) is 4.79 Å². The number of carbonyl (C=O) groups excluding carboxylic acids is 2. The van der Waals surface area contributed by atoms with Crippen LogP contribution in [0.2, 0.25) is 5.02 Å². The van der Waals surface area contributed by atoms with Crippen LogP contribution in [0.3, 0.4) is 0 Å². The number of benzene rings is 4. The summed E-state index contributed by atoms with van der Waals surface area (Å²) in [6.07, 6.45) is 3.07. The Morgan fingerprint density at radius 2 is 1.63 bits per heavy atom. The van der Waals surface area contributed by atoms with Crippen LogP contribution >= 0.6 is 11.6 Å². The first-order valence-corrected chi connectivity index (χ1v) is 14.7. The number of para-hydroxylation sites is 1. The van der Waals surface area contributed by atoms with Gasteiger partial charge in [-0.3, -0.25) is 9.59 Å². The van der Waals surface area contributed by atoms with Crippen molar-refractivity contribution < 1.29 is 24.2 Å². The van der Waals surface area contributed by atoms with Gasteiger partial charge in [-0.05, 0) is 60.9 Å². The van der Waals surface area contributed by atoms with Gasteiger partial charge in [-0.15, -0.1) is 0 Å². The molecule has 4 aromatic carbocycles. The third kappa shape index (κ3) is 7.62. The minimum atomic E-state index is -1.03. The topological polar surface area (TPSA) is 95.9 Å². The summed E-state index contributed by atoms with van der Waals surface area (Å²) in [6.45, 7) is 0.666. The van der Waals surface area contributed by atoms with E-state index in [4.69, 9.17) is 16.3 Å². The summed E-state index contributed by atoms with van der Waals surface area (Å²) in [5.41, 5.74) is 2.94. The Balaban J connectivity index is 1.21. The van der Waals surface area contributed by atoms with Crippen LogP contribution in [0, 0.1) is 5.92 Å². The second kappa shape index (κ2) is 14.0. The fourth-order valence-electron chi connectivity index (χ4n) is 5.04. The van der Waals surface area contributed by atoms with E-state index >= 15 is 0 Å². The summed E-state index contributed by atoms with van der Waals surface area (Å²) >= 11 is 6.19. The SMILES string of the molecule is O=C(c1ccccc1)c1ccccc1NC(Cc1ccc(OCCN(C(=O)C2CCC2)c2cccc(Cl)c2)cc1)C(=O)O. The van der Waals surface area contributed by atoms with Crippen molar-refractivity contribution in [2.24, 2.45) is 5.92 Å². The number of carbonyl (C=O) groups is 3. The highest BCUT2D eigenvalue weighted by atomic mass is 35.5. The van der Waals surface area contributed by atoms with Gasteiger partial charge in [-0.1, -0.05) is 78.7 Å². The predicted molar refractivity (Wildman–Crippen MR) is 168 cm³/mol. The number of anilines is 2. The van der Waals surface area contributed by atoms with Gasteiger partial charge in [0.1, 0.15) is 18.4 Å². The van der Waals surface area contributed by atoms with Gasteiger partial charge in [0.05, 0.1) is 6.54 Å². The van der Waals surface area contributed by atoms with E-state index in [1.807, 2.05) is 30.3 Å². The number of hydrogen-bond acceptors (Lipinski definition) is 5. The maximum Gasteiger partial charge on any atom is 0.326 e. The quantitative estimate of drug-likeness (QED) is 0.163. The van der Waals surface area contributed by atoms with E-state index in [1.54, 1.807) is 77.7 Å². The summed E-state index contributed by atoms with van der Waals surface area (Å²) in [4.78, 5) is 40.1. The molecular formula is C35H33ClN2O5. The highest BCUT2D eigenvalue weighted by Gasteiger charge is 2.30. The molecule has 8 heteroatoms. The van der Waals surface area contributed by atoms with Crippen molar-refractivity contribution in [3.8, 4) is 5.75 Å². The van der Waals surface area contributed by atoms with Crippen LogP contribution < -0.4 is 15.0 Å². The number of ketones is 1. The average Bonchev–Trinajstić information content (AvgIpc) is 2.99. The van der Waals surface area contributed by atoms with Crippen LogP contribution in [0.1, 0.15) is 40.7 Å². The number of aliphatic carboxylic acids is 1. The Morgan fingerprint density at radius 1 is 0.907 bits per heavy atom. The van der Waals surface area contributed by atoms with E-state index in [-0.39, 0.29) is 30.6 Å². The van der Waals surface area contributed by atoms with Crippen molar-refractivity contribution in [2.75, 3.05) is 23.4 Å². The number of carboxylic acids is 1. The predicted octanol–water partition coefficient (Wildman–Crippen LogP) is 6.89. The van der Waals surface area contributed by atoms with E-state index in [2.05, 4.69) is 5.32 Å². The Hall–Kier alpha value is -4.62. The summed E-state index contributed by atoms with van der Waals surface area (Å²) in [5, 5.41) is 13.6. The van der Waals surface area contributed by atoms with Gasteiger partial charge in [0, 0.05) is 39.9 Å². The molecule has 1 saturated carbocycles. The maximum atomic E-state index is 13.1. The molecule has 0 aliphatic heterocycles. The van der Waals surface area contributed by atoms with Gasteiger partial charge in [0.2, 0.25) is 5.91 Å². The Morgan fingerprint density at radius 3 is 2.30 bits per heavy atom. The van der Waals surface area contributed by atoms with Crippen LogP contribution in [0.15, 0.2) is 103 Å². The molecule has 1 unspecified atom stereocenters. The zero-order chi connectivity index (χ0) is 30.2. The molecule has 2 N–H and O–H groups in total. The van der Waals surface area contributed by atoms with Crippen molar-refractivity contribution in [3.63, 3.8) is 0 Å². The normalized spacial score (nSPS) is 13.4. The summed E-state index contributed by atoms with van der Waals surface area (Å²) in [6, 6.07) is 29.4. The van der Waals surface area contributed by atoms with Crippen LogP contribution in [-0.2, 0) is 16.0 Å². The molecule has 220 valence electrons. The van der Waals surface area contributed by atoms with E-state index in [0.29, 0.717) is 34.1 Å². The van der Waals surface area contributed by atoms with E-state index in [1.165, 1.54) is 0 Å². The number of rotatable bonds is 13. The van der Waals surface area contributed by atoms with Crippen LogP contribution in [-0.4, -0.2) is 42.0 Å². The molecule has 1 aliphatic carbocycles. The fraction of sp³-hybridized carbons (Fsp3) is 0.229. The molecule has 1 fully saturated rings. The molecule has 0 heterocycles. The molecule has 43 heavy (non-hydrogen) atoms. The summed E-state index contributed by atoms with van der Waals surface area (Å²) in [5.74, 6) is -0.467. The van der Waals surface area contributed by atoms with Crippen molar-refractivity contribution in [1.29, 1.82) is 0 Å². The van der Waals surface area contributed by atoms with Gasteiger partial charge in [0.15, 0.2) is 5.78 Å². The smallest absolute Gasteiger partial charge is 0.326 e. The molecule has 1 amide bonds. The molecule has 4 aromatic rings. The number of ether oxygens (including phenoxy) is 1. The number of hydrogen-bond donors (Lipinski definition) is 2. The first-order valence-electron chi connectivity index (χ1n) is 14.4. The Kier molecular flexibility index (Phi) is 9.74. The lowest BCUT2D eigenvalue weighted by atomic mass is 9.84. The molecule has 1 aliphatic rings. The van der Waals surface area contributed by atoms with Crippen molar-refractivity contribution in [2.45, 2.75) is 31.7 Å². The summed E-state index contributed by atoms with van der Waals surface area (Å²) < 4.78 is 5.96. The van der Waals surface area contributed by atoms with Gasteiger partial charge >= 0.3 is 5.97 Å². The second-order valence-electron chi connectivity index (χ2n) is 10.6. The lowest BCUT2D eigenvalue weighted by molar-refractivity contribution is -0.137. The lowest BCUT2D eigenvalue weighted by Gasteiger charge is -2.31. The maximum absolute atomic E-state index is 13.1. The van der Waals surface area contributed by atoms with Crippen molar-refractivity contribution in [3.05, 3.63) is 125 Å². The molecule has 0 radical (unpaired) electrons. The standard InChI is InChI=1S/C35H33ClN2O5/c36-27-12-7-13-28(23-27)38(34(40)26-10-6-11-26)20-21-43-29-18-16-24(17-19-29)22-32(35(41)42)37-31-15-5-4-14-30(31)33(39)25-8-2-1-3-9-25/h1-5,7-9,12-19,23,26,32,37H,6,10-11,20-22H2,(H,41,42).